The van der Waals surface area contributed by atoms with Crippen molar-refractivity contribution in [3.05, 3.63) is 28.1 Å². The molecule has 0 heterocycles. The van der Waals surface area contributed by atoms with Crippen molar-refractivity contribution in [2.75, 3.05) is 23.3 Å². The largest absolute Gasteiger partial charge is 0.769 e. The van der Waals surface area contributed by atoms with Gasteiger partial charge in [0.05, 0.1) is 12.9 Å². The minimum absolute atomic E-state index is 0.0468. The van der Waals surface area contributed by atoms with Gasteiger partial charge < -0.3 is 20.4 Å². The second-order valence-electron chi connectivity index (χ2n) is 4.45. The fourth-order valence-electron chi connectivity index (χ4n) is 1.65. The summed E-state index contributed by atoms with van der Waals surface area (Å²) >= 11 is 1.02. The molecule has 1 aromatic rings. The van der Waals surface area contributed by atoms with Gasteiger partial charge in [0.15, 0.2) is 0 Å². The van der Waals surface area contributed by atoms with E-state index in [0.29, 0.717) is 10.5 Å². The number of carbonyl (C=O) groups excluding carboxylic acids is 1. The minimum Gasteiger partial charge on any atom is -0.769 e. The number of hydrogen-bond donors (Lipinski definition) is 2. The van der Waals surface area contributed by atoms with Crippen molar-refractivity contribution < 1.29 is 19.9 Å². The Bertz CT molecular complexity index is 478. The molecule has 0 aliphatic carbocycles. The van der Waals surface area contributed by atoms with Gasteiger partial charge in [0, 0.05) is 10.6 Å². The Balaban J connectivity index is 3.32. The normalized spacial score (nSPS) is 10.7. The highest BCUT2D eigenvalue weighted by Crippen LogP contribution is 2.39. The number of rotatable bonds is 6. The third-order valence-electron chi connectivity index (χ3n) is 2.69. The van der Waals surface area contributed by atoms with E-state index in [2.05, 4.69) is 4.74 Å². The Morgan fingerprint density at radius 3 is 2.43 bits per heavy atom. The van der Waals surface area contributed by atoms with E-state index in [9.17, 15) is 25.6 Å². The fourth-order valence-corrected chi connectivity index (χ4v) is 2.78. The predicted octanol–water partition coefficient (Wildman–Crippen LogP) is 2.46. The molecule has 2 N–H and O–H groups in total. The van der Waals surface area contributed by atoms with E-state index < -0.39 is 11.2 Å². The van der Waals surface area contributed by atoms with Crippen molar-refractivity contribution in [2.24, 2.45) is 0 Å². The smallest absolute Gasteiger partial charge is 0.315 e. The van der Waals surface area contributed by atoms with Crippen LogP contribution in [0.15, 0.2) is 17.0 Å². The second-order valence-corrected chi connectivity index (χ2v) is 5.43. The minimum atomic E-state index is -0.617. The summed E-state index contributed by atoms with van der Waals surface area (Å²) in [5.41, 5.74) is 0.132. The molecular weight excluding hydrogens is 300 g/mol. The third-order valence-corrected chi connectivity index (χ3v) is 3.81. The zero-order valence-electron chi connectivity index (χ0n) is 11.8. The molecule has 0 atom stereocenters. The summed E-state index contributed by atoms with van der Waals surface area (Å²) in [7, 11) is 1.24. The van der Waals surface area contributed by atoms with Crippen LogP contribution >= 0.6 is 11.8 Å². The number of benzene rings is 1. The van der Waals surface area contributed by atoms with E-state index in [1.807, 2.05) is 13.8 Å². The van der Waals surface area contributed by atoms with E-state index in [0.717, 1.165) is 17.8 Å². The highest BCUT2D eigenvalue weighted by molar-refractivity contribution is 8.00. The molecule has 21 heavy (non-hydrogen) atoms. The molecule has 0 aromatic heterocycles. The second kappa shape index (κ2) is 7.48. The highest BCUT2D eigenvalue weighted by Gasteiger charge is 2.18. The first-order chi connectivity index (χ1) is 9.77. The lowest BCUT2D eigenvalue weighted by atomic mass is 10.0. The molecule has 0 saturated heterocycles. The van der Waals surface area contributed by atoms with Gasteiger partial charge >= 0.3 is 5.97 Å². The quantitative estimate of drug-likeness (QED) is 0.463. The fraction of sp³-hybridized carbons (Fsp3) is 0.417. The molecule has 0 bridgehead atoms. The lowest BCUT2D eigenvalue weighted by molar-refractivity contribution is -0.137. The summed E-state index contributed by atoms with van der Waals surface area (Å²) in [6, 6.07) is 2.39. The Hall–Kier alpha value is -1.52. The van der Waals surface area contributed by atoms with Crippen LogP contribution in [0.5, 0.6) is 0 Å². The first-order valence-electron chi connectivity index (χ1n) is 5.97. The van der Waals surface area contributed by atoms with Gasteiger partial charge in [-0.3, -0.25) is 15.2 Å². The molecule has 0 amide bonds. The molecule has 9 heteroatoms. The van der Waals surface area contributed by atoms with Crippen LogP contribution in [0.25, 0.3) is 0 Å². The van der Waals surface area contributed by atoms with Crippen LogP contribution < -0.4 is 10.5 Å². The monoisotopic (exact) mass is 316 g/mol. The summed E-state index contributed by atoms with van der Waals surface area (Å²) in [5, 5.41) is 39.6. The maximum Gasteiger partial charge on any atom is 0.315 e. The van der Waals surface area contributed by atoms with Crippen molar-refractivity contribution in [1.82, 2.24) is 0 Å². The number of esters is 1. The SMILES string of the molecule is COC(=O)CSc1c(C(C)C)cc(N([O-])[O-])cc1N(O)O. The van der Waals surface area contributed by atoms with Gasteiger partial charge in [0.1, 0.15) is 5.69 Å². The highest BCUT2D eigenvalue weighted by atomic mass is 32.2. The van der Waals surface area contributed by atoms with Crippen LogP contribution in [-0.4, -0.2) is 29.2 Å². The van der Waals surface area contributed by atoms with Gasteiger partial charge in [-0.2, -0.15) is 0 Å². The molecule has 118 valence electrons. The number of anilines is 2. The molecule has 0 unspecified atom stereocenters. The average Bonchev–Trinajstić information content (AvgIpc) is 2.43. The zero-order chi connectivity index (χ0) is 16.2. The Morgan fingerprint density at radius 1 is 1.38 bits per heavy atom. The number of carbonyl (C=O) groups is 1. The number of ether oxygens (including phenoxy) is 1. The summed E-state index contributed by atoms with van der Waals surface area (Å²) in [5.74, 6) is -0.639. The molecule has 1 rings (SSSR count). The Labute approximate surface area is 126 Å². The molecule has 0 radical (unpaired) electrons. The first-order valence-corrected chi connectivity index (χ1v) is 6.96. The standard InChI is InChI=1S/C12H16N2O6S/c1-7(2)9-4-8(13(16)17)5-10(14(18)19)12(9)21-6-11(15)20-3/h4-5,7,18-19H,6H2,1-3H3/q-2. The van der Waals surface area contributed by atoms with Crippen molar-refractivity contribution >= 4 is 29.1 Å². The molecule has 0 aliphatic heterocycles. The molecule has 0 aliphatic rings. The van der Waals surface area contributed by atoms with E-state index >= 15 is 0 Å². The van der Waals surface area contributed by atoms with Gasteiger partial charge in [-0.25, -0.2) is 0 Å². The first kappa shape index (κ1) is 17.5. The van der Waals surface area contributed by atoms with E-state index in [4.69, 9.17) is 0 Å². The van der Waals surface area contributed by atoms with Crippen LogP contribution in [0.4, 0.5) is 11.4 Å². The van der Waals surface area contributed by atoms with Crippen LogP contribution in [0.3, 0.4) is 0 Å². The van der Waals surface area contributed by atoms with Crippen LogP contribution in [0, 0.1) is 10.4 Å². The molecule has 0 fully saturated rings. The lowest BCUT2D eigenvalue weighted by Gasteiger charge is -2.38. The van der Waals surface area contributed by atoms with Gasteiger partial charge in [-0.15, -0.1) is 17.0 Å². The predicted molar refractivity (Wildman–Crippen MR) is 78.5 cm³/mol. The van der Waals surface area contributed by atoms with Crippen molar-refractivity contribution in [1.29, 1.82) is 0 Å². The van der Waals surface area contributed by atoms with E-state index in [1.54, 1.807) is 0 Å². The van der Waals surface area contributed by atoms with E-state index in [1.165, 1.54) is 13.2 Å². The van der Waals surface area contributed by atoms with Crippen molar-refractivity contribution in [3.8, 4) is 0 Å². The molecule has 0 spiro atoms. The number of hydrogen-bond acceptors (Lipinski definition) is 9. The Morgan fingerprint density at radius 2 is 2.00 bits per heavy atom. The average molecular weight is 316 g/mol. The maximum atomic E-state index is 11.2. The van der Waals surface area contributed by atoms with Crippen LogP contribution in [-0.2, 0) is 9.53 Å². The molecule has 0 saturated carbocycles. The summed E-state index contributed by atoms with van der Waals surface area (Å²) < 4.78 is 4.53. The maximum absolute atomic E-state index is 11.2. The number of thioether (sulfide) groups is 1. The topological polar surface area (TPSA) is 119 Å². The van der Waals surface area contributed by atoms with Crippen LogP contribution in [0.1, 0.15) is 25.3 Å². The van der Waals surface area contributed by atoms with Crippen LogP contribution in [0.2, 0.25) is 0 Å². The van der Waals surface area contributed by atoms with Gasteiger partial charge in [-0.05, 0) is 23.6 Å². The molecule has 1 aromatic carbocycles. The Kier molecular flexibility index (Phi) is 6.24. The molecule has 8 nitrogen and oxygen atoms in total. The summed E-state index contributed by atoms with van der Waals surface area (Å²) in [6.07, 6.45) is 0. The molecular formula is C12H16N2O6S-2. The van der Waals surface area contributed by atoms with Crippen molar-refractivity contribution in [3.63, 3.8) is 0 Å². The van der Waals surface area contributed by atoms with Gasteiger partial charge in [-0.1, -0.05) is 13.8 Å². The third kappa shape index (κ3) is 4.48. The summed E-state index contributed by atoms with van der Waals surface area (Å²) in [4.78, 5) is 11.6. The number of nitrogens with zero attached hydrogens (tertiary/aromatic N) is 2. The van der Waals surface area contributed by atoms with Gasteiger partial charge in [0.2, 0.25) is 0 Å². The van der Waals surface area contributed by atoms with Gasteiger partial charge in [0.25, 0.3) is 0 Å². The zero-order valence-corrected chi connectivity index (χ0v) is 12.6. The number of methoxy groups -OCH3 is 1. The van der Waals surface area contributed by atoms with E-state index in [-0.39, 0.29) is 28.3 Å². The summed E-state index contributed by atoms with van der Waals surface area (Å²) in [6.45, 7) is 3.62. The van der Waals surface area contributed by atoms with Crippen molar-refractivity contribution in [2.45, 2.75) is 24.7 Å². The lowest BCUT2D eigenvalue weighted by Crippen LogP contribution is -2.16.